The van der Waals surface area contributed by atoms with E-state index in [9.17, 15) is 13.0 Å². The minimum absolute atomic E-state index is 0. The van der Waals surface area contributed by atoms with Gasteiger partial charge in [0.2, 0.25) is 0 Å². The molecule has 0 radical (unpaired) electrons. The molecule has 0 aromatic rings. The molecule has 0 aromatic carbocycles. The van der Waals surface area contributed by atoms with Crippen LogP contribution in [0.4, 0.5) is 0 Å². The molecule has 0 aliphatic rings. The van der Waals surface area contributed by atoms with Crippen LogP contribution in [-0.2, 0) is 10.1 Å². The summed E-state index contributed by atoms with van der Waals surface area (Å²) in [5, 5.41) is 17.3. The van der Waals surface area contributed by atoms with E-state index < -0.39 is 22.0 Å². The van der Waals surface area contributed by atoms with Crippen molar-refractivity contribution in [2.45, 2.75) is 25.4 Å². The molecule has 2 N–H and O–H groups in total. The fraction of sp³-hybridized carbons (Fsp3) is 1.00. The average molecular weight is 220 g/mol. The maximum Gasteiger partial charge on any atom is 1.00 e. The predicted octanol–water partition coefficient (Wildman–Crippen LogP) is -3.94. The number of hydrogen-bond acceptors (Lipinski definition) is 5. The first-order chi connectivity index (χ1) is 5.45. The van der Waals surface area contributed by atoms with Crippen LogP contribution in [0.1, 0.15) is 19.3 Å². The maximum atomic E-state index is 10.1. The van der Waals surface area contributed by atoms with Crippen LogP contribution in [0.5, 0.6) is 0 Å². The normalized spacial score (nSPS) is 13.5. The van der Waals surface area contributed by atoms with Gasteiger partial charge in [-0.2, -0.15) is 0 Å². The summed E-state index contributed by atoms with van der Waals surface area (Å²) >= 11 is 0. The van der Waals surface area contributed by atoms with Crippen LogP contribution in [0.3, 0.4) is 0 Å². The van der Waals surface area contributed by atoms with Crippen molar-refractivity contribution in [2.24, 2.45) is 0 Å². The Bertz CT molecular complexity index is 203. The number of unbranched alkanes of at least 4 members (excludes halogenated alkanes) is 1. The Morgan fingerprint density at radius 1 is 1.31 bits per heavy atom. The third kappa shape index (κ3) is 12.8. The molecule has 5 nitrogen and oxygen atoms in total. The first kappa shape index (κ1) is 16.3. The average Bonchev–Trinajstić information content (AvgIpc) is 1.84. The van der Waals surface area contributed by atoms with Gasteiger partial charge in [0.1, 0.15) is 0 Å². The van der Waals surface area contributed by atoms with Crippen molar-refractivity contribution >= 4 is 10.1 Å². The second-order valence-electron chi connectivity index (χ2n) is 2.60. The molecule has 7 heteroatoms. The maximum absolute atomic E-state index is 10.1. The Labute approximate surface area is 100 Å². The topological polar surface area (TPSA) is 97.7 Å². The molecule has 0 spiro atoms. The number of hydrogen-bond donors (Lipinski definition) is 2. The number of aliphatic hydroxyl groups is 2. The van der Waals surface area contributed by atoms with Crippen LogP contribution < -0.4 is 29.6 Å². The van der Waals surface area contributed by atoms with Crippen molar-refractivity contribution in [3.05, 3.63) is 0 Å². The molecule has 1 atom stereocenters. The standard InChI is InChI=1S/C6H14O5S.Na/c7-4-2-1-3-6(8)5-12(9,10)11;/h6-8H,1-5H2,(H,9,10,11);/q;+1/p-1. The smallest absolute Gasteiger partial charge is 0.748 e. The van der Waals surface area contributed by atoms with E-state index in [2.05, 4.69) is 0 Å². The van der Waals surface area contributed by atoms with Gasteiger partial charge in [-0.1, -0.05) is 0 Å². The molecule has 0 aliphatic heterocycles. The zero-order chi connectivity index (χ0) is 9.61. The van der Waals surface area contributed by atoms with Crippen LogP contribution in [0.25, 0.3) is 0 Å². The number of aliphatic hydroxyl groups excluding tert-OH is 2. The van der Waals surface area contributed by atoms with Crippen molar-refractivity contribution in [3.8, 4) is 0 Å². The third-order valence-corrected chi connectivity index (χ3v) is 2.13. The zero-order valence-electron chi connectivity index (χ0n) is 7.64. The zero-order valence-corrected chi connectivity index (χ0v) is 10.5. The summed E-state index contributed by atoms with van der Waals surface area (Å²) in [6, 6.07) is 0. The fourth-order valence-electron chi connectivity index (χ4n) is 0.811. The molecule has 0 bridgehead atoms. The van der Waals surface area contributed by atoms with Crippen LogP contribution in [0.2, 0.25) is 0 Å². The fourth-order valence-corrected chi connectivity index (χ4v) is 1.45. The summed E-state index contributed by atoms with van der Waals surface area (Å²) in [5.74, 6) is -0.738. The molecular formula is C6H13NaO5S. The van der Waals surface area contributed by atoms with Crippen molar-refractivity contribution in [2.75, 3.05) is 12.4 Å². The molecule has 0 amide bonds. The first-order valence-electron chi connectivity index (χ1n) is 3.68. The van der Waals surface area contributed by atoms with E-state index in [1.807, 2.05) is 0 Å². The summed E-state index contributed by atoms with van der Waals surface area (Å²) in [7, 11) is -4.32. The Kier molecular flexibility index (Phi) is 10.2. The molecule has 0 saturated carbocycles. The van der Waals surface area contributed by atoms with E-state index in [1.54, 1.807) is 0 Å². The second kappa shape index (κ2) is 8.16. The number of rotatable bonds is 6. The van der Waals surface area contributed by atoms with Crippen LogP contribution in [0.15, 0.2) is 0 Å². The monoisotopic (exact) mass is 220 g/mol. The van der Waals surface area contributed by atoms with Crippen molar-refractivity contribution < 1.29 is 52.7 Å². The Balaban J connectivity index is 0. The minimum atomic E-state index is -4.32. The Morgan fingerprint density at radius 2 is 1.85 bits per heavy atom. The molecule has 0 aromatic heterocycles. The SMILES string of the molecule is O=S(=O)([O-])CC(O)CCCCO.[Na+]. The van der Waals surface area contributed by atoms with E-state index in [0.717, 1.165) is 0 Å². The molecule has 13 heavy (non-hydrogen) atoms. The van der Waals surface area contributed by atoms with E-state index in [4.69, 9.17) is 10.2 Å². The van der Waals surface area contributed by atoms with Crippen LogP contribution in [0, 0.1) is 0 Å². The Hall–Kier alpha value is 0.830. The van der Waals surface area contributed by atoms with E-state index in [0.29, 0.717) is 12.8 Å². The quantitative estimate of drug-likeness (QED) is 0.270. The van der Waals surface area contributed by atoms with E-state index in [-0.39, 0.29) is 42.6 Å². The molecule has 0 heterocycles. The summed E-state index contributed by atoms with van der Waals surface area (Å²) in [4.78, 5) is 0. The third-order valence-electron chi connectivity index (χ3n) is 1.34. The minimum Gasteiger partial charge on any atom is -0.748 e. The van der Waals surface area contributed by atoms with Crippen molar-refractivity contribution in [3.63, 3.8) is 0 Å². The van der Waals surface area contributed by atoms with Gasteiger partial charge in [0, 0.05) is 6.61 Å². The molecule has 74 valence electrons. The molecule has 0 saturated heterocycles. The van der Waals surface area contributed by atoms with E-state index >= 15 is 0 Å². The molecular weight excluding hydrogens is 207 g/mol. The van der Waals surface area contributed by atoms with Gasteiger partial charge in [-0.15, -0.1) is 0 Å². The van der Waals surface area contributed by atoms with Gasteiger partial charge in [0.25, 0.3) is 0 Å². The van der Waals surface area contributed by atoms with Gasteiger partial charge in [-0.25, -0.2) is 8.42 Å². The van der Waals surface area contributed by atoms with Gasteiger partial charge in [-0.3, -0.25) is 0 Å². The van der Waals surface area contributed by atoms with Gasteiger partial charge in [0.05, 0.1) is 22.0 Å². The van der Waals surface area contributed by atoms with E-state index in [1.165, 1.54) is 0 Å². The largest absolute Gasteiger partial charge is 1.00 e. The van der Waals surface area contributed by atoms with Gasteiger partial charge < -0.3 is 14.8 Å². The van der Waals surface area contributed by atoms with Crippen molar-refractivity contribution in [1.29, 1.82) is 0 Å². The summed E-state index contributed by atoms with van der Waals surface area (Å²) < 4.78 is 30.3. The van der Waals surface area contributed by atoms with Crippen LogP contribution in [-0.4, -0.2) is 41.6 Å². The van der Waals surface area contributed by atoms with Crippen molar-refractivity contribution in [1.82, 2.24) is 0 Å². The Morgan fingerprint density at radius 3 is 2.23 bits per heavy atom. The summed E-state index contributed by atoms with van der Waals surface area (Å²) in [6.07, 6.45) is 0.171. The second-order valence-corrected chi connectivity index (χ2v) is 4.05. The predicted molar refractivity (Wildman–Crippen MR) is 41.5 cm³/mol. The molecule has 0 rings (SSSR count). The summed E-state index contributed by atoms with van der Waals surface area (Å²) in [5.41, 5.74) is 0. The van der Waals surface area contributed by atoms with Crippen LogP contribution >= 0.6 is 0 Å². The van der Waals surface area contributed by atoms with Gasteiger partial charge >= 0.3 is 29.6 Å². The molecule has 0 fully saturated rings. The van der Waals surface area contributed by atoms with Gasteiger partial charge in [0.15, 0.2) is 0 Å². The molecule has 0 aliphatic carbocycles. The van der Waals surface area contributed by atoms with Gasteiger partial charge in [-0.05, 0) is 19.3 Å². The summed E-state index contributed by atoms with van der Waals surface area (Å²) in [6.45, 7) is 0.0108. The first-order valence-corrected chi connectivity index (χ1v) is 5.26. The molecule has 1 unspecified atom stereocenters.